The lowest BCUT2D eigenvalue weighted by atomic mass is 10.1. The van der Waals surface area contributed by atoms with Crippen LogP contribution >= 0.6 is 7.60 Å². The van der Waals surface area contributed by atoms with Gasteiger partial charge in [-0.3, -0.25) is 4.57 Å². The highest BCUT2D eigenvalue weighted by molar-refractivity contribution is 7.54. The van der Waals surface area contributed by atoms with E-state index in [0.717, 1.165) is 16.8 Å². The molecule has 0 radical (unpaired) electrons. The second-order valence-electron chi connectivity index (χ2n) is 5.23. The van der Waals surface area contributed by atoms with Gasteiger partial charge in [0.15, 0.2) is 5.78 Å². The van der Waals surface area contributed by atoms with Crippen molar-refractivity contribution in [1.82, 2.24) is 0 Å². The molecule has 0 aromatic heterocycles. The van der Waals surface area contributed by atoms with Crippen molar-refractivity contribution < 1.29 is 13.6 Å². The minimum atomic E-state index is -3.32. The quantitative estimate of drug-likeness (QED) is 0.769. The van der Waals surface area contributed by atoms with Crippen LogP contribution in [-0.2, 0) is 13.6 Å². The predicted octanol–water partition coefficient (Wildman–Crippen LogP) is 4.90. The van der Waals surface area contributed by atoms with E-state index in [2.05, 4.69) is 5.32 Å². The number of hydrogen-bond acceptors (Lipinski definition) is 4. The predicted molar refractivity (Wildman–Crippen MR) is 90.3 cm³/mol. The Hall–Kier alpha value is -1.61. The van der Waals surface area contributed by atoms with Gasteiger partial charge in [-0.25, -0.2) is 0 Å². The Morgan fingerprint density at radius 3 is 1.77 bits per heavy atom. The summed E-state index contributed by atoms with van der Waals surface area (Å²) in [6, 6.07) is 15.7. The maximum atomic E-state index is 12.9. The number of rotatable bonds is 6. The Morgan fingerprint density at radius 1 is 0.864 bits per heavy atom. The van der Waals surface area contributed by atoms with Crippen LogP contribution in [0.1, 0.15) is 22.5 Å². The summed E-state index contributed by atoms with van der Waals surface area (Å²) in [4.78, 5) is 0. The Morgan fingerprint density at radius 2 is 1.32 bits per heavy atom. The lowest BCUT2D eigenvalue weighted by Crippen LogP contribution is -2.13. The Balaban J connectivity index is 2.39. The zero-order chi connectivity index (χ0) is 16.2. The minimum absolute atomic E-state index is 0.564. The molecule has 1 atom stereocenters. The van der Waals surface area contributed by atoms with E-state index in [-0.39, 0.29) is 0 Å². The fourth-order valence-corrected chi connectivity index (χ4v) is 3.60. The number of anilines is 1. The van der Waals surface area contributed by atoms with Crippen LogP contribution in [-0.4, -0.2) is 14.2 Å². The molecule has 0 saturated heterocycles. The van der Waals surface area contributed by atoms with Crippen LogP contribution in [0, 0.1) is 13.8 Å². The third kappa shape index (κ3) is 3.77. The summed E-state index contributed by atoms with van der Waals surface area (Å²) in [6.07, 6.45) is 0. The number of hydrogen-bond donors (Lipinski definition) is 1. The molecule has 0 aliphatic carbocycles. The zero-order valence-electron chi connectivity index (χ0n) is 13.4. The smallest absolute Gasteiger partial charge is 0.356 e. The van der Waals surface area contributed by atoms with Crippen LogP contribution in [0.15, 0.2) is 48.5 Å². The highest BCUT2D eigenvalue weighted by Crippen LogP contribution is 2.59. The summed E-state index contributed by atoms with van der Waals surface area (Å²) < 4.78 is 23.3. The maximum Gasteiger partial charge on any atom is 0.356 e. The molecule has 0 aliphatic rings. The largest absolute Gasteiger partial charge is 0.368 e. The standard InChI is InChI=1S/C17H22NO3P/c1-13-5-9-15(10-6-13)17(22(19,20-3)21-4)18-16-11-7-14(2)8-12-16/h5-12,17-18H,1-4H3. The van der Waals surface area contributed by atoms with Crippen molar-refractivity contribution in [2.24, 2.45) is 0 Å². The normalized spacial score (nSPS) is 12.9. The van der Waals surface area contributed by atoms with Gasteiger partial charge in [0.2, 0.25) is 0 Å². The molecule has 0 amide bonds. The summed E-state index contributed by atoms with van der Waals surface area (Å²) in [5, 5.41) is 3.27. The summed E-state index contributed by atoms with van der Waals surface area (Å²) in [7, 11) is -0.507. The molecule has 0 saturated carbocycles. The molecule has 0 bridgehead atoms. The fraction of sp³-hybridized carbons (Fsp3) is 0.294. The van der Waals surface area contributed by atoms with Crippen LogP contribution in [0.5, 0.6) is 0 Å². The molecule has 1 N–H and O–H groups in total. The van der Waals surface area contributed by atoms with Gasteiger partial charge in [0.1, 0.15) is 0 Å². The molecule has 22 heavy (non-hydrogen) atoms. The third-order valence-electron chi connectivity index (χ3n) is 3.57. The Bertz CT molecular complexity index is 645. The van der Waals surface area contributed by atoms with Crippen molar-refractivity contribution in [2.45, 2.75) is 19.6 Å². The highest BCUT2D eigenvalue weighted by atomic mass is 31.2. The Kier molecular flexibility index (Phi) is 5.41. The molecule has 0 fully saturated rings. The van der Waals surface area contributed by atoms with Gasteiger partial charge in [-0.2, -0.15) is 0 Å². The van der Waals surface area contributed by atoms with E-state index in [0.29, 0.717) is 0 Å². The lowest BCUT2D eigenvalue weighted by Gasteiger charge is -2.26. The molecule has 1 unspecified atom stereocenters. The molecule has 4 nitrogen and oxygen atoms in total. The van der Waals surface area contributed by atoms with Gasteiger partial charge in [-0.05, 0) is 31.5 Å². The van der Waals surface area contributed by atoms with Crippen LogP contribution in [0.3, 0.4) is 0 Å². The van der Waals surface area contributed by atoms with Gasteiger partial charge in [0.05, 0.1) is 0 Å². The van der Waals surface area contributed by atoms with Crippen molar-refractivity contribution in [3.8, 4) is 0 Å². The summed E-state index contributed by atoms with van der Waals surface area (Å²) >= 11 is 0. The molecule has 5 heteroatoms. The van der Waals surface area contributed by atoms with E-state index < -0.39 is 13.4 Å². The summed E-state index contributed by atoms with van der Waals surface area (Å²) in [5.74, 6) is -0.564. The average molecular weight is 319 g/mol. The molecule has 0 spiro atoms. The van der Waals surface area contributed by atoms with E-state index >= 15 is 0 Å². The molecule has 2 aromatic rings. The molecule has 2 aromatic carbocycles. The second-order valence-corrected chi connectivity index (χ2v) is 7.55. The van der Waals surface area contributed by atoms with Gasteiger partial charge in [0.25, 0.3) is 0 Å². The number of aryl methyl sites for hydroxylation is 2. The number of benzene rings is 2. The maximum absolute atomic E-state index is 12.9. The van der Waals surface area contributed by atoms with Crippen molar-refractivity contribution in [2.75, 3.05) is 19.5 Å². The summed E-state index contributed by atoms with van der Waals surface area (Å²) in [6.45, 7) is 4.04. The van der Waals surface area contributed by atoms with E-state index in [1.165, 1.54) is 19.8 Å². The first-order valence-electron chi connectivity index (χ1n) is 7.09. The monoisotopic (exact) mass is 319 g/mol. The summed E-state index contributed by atoms with van der Waals surface area (Å²) in [5.41, 5.74) is 4.03. The Labute approximate surface area is 132 Å². The van der Waals surface area contributed by atoms with Gasteiger partial charge < -0.3 is 14.4 Å². The van der Waals surface area contributed by atoms with Crippen molar-refractivity contribution in [3.05, 3.63) is 65.2 Å². The zero-order valence-corrected chi connectivity index (χ0v) is 14.3. The van der Waals surface area contributed by atoms with E-state index in [4.69, 9.17) is 9.05 Å². The average Bonchev–Trinajstić information content (AvgIpc) is 2.54. The van der Waals surface area contributed by atoms with Crippen LogP contribution < -0.4 is 5.32 Å². The van der Waals surface area contributed by atoms with E-state index in [9.17, 15) is 4.57 Å². The SMILES string of the molecule is COP(=O)(OC)C(Nc1ccc(C)cc1)c1ccc(C)cc1. The fourth-order valence-electron chi connectivity index (χ4n) is 2.19. The molecule has 118 valence electrons. The van der Waals surface area contributed by atoms with Crippen molar-refractivity contribution in [1.29, 1.82) is 0 Å². The third-order valence-corrected chi connectivity index (χ3v) is 5.65. The van der Waals surface area contributed by atoms with Gasteiger partial charge in [-0.15, -0.1) is 0 Å². The second kappa shape index (κ2) is 7.10. The van der Waals surface area contributed by atoms with E-state index in [1.54, 1.807) is 0 Å². The van der Waals surface area contributed by atoms with Crippen LogP contribution in [0.4, 0.5) is 5.69 Å². The van der Waals surface area contributed by atoms with Gasteiger partial charge in [0, 0.05) is 19.9 Å². The first-order chi connectivity index (χ1) is 10.5. The van der Waals surface area contributed by atoms with Crippen molar-refractivity contribution >= 4 is 13.3 Å². The van der Waals surface area contributed by atoms with Gasteiger partial charge in [-0.1, -0.05) is 47.5 Å². The first kappa shape index (κ1) is 16.8. The van der Waals surface area contributed by atoms with Crippen molar-refractivity contribution in [3.63, 3.8) is 0 Å². The van der Waals surface area contributed by atoms with Crippen LogP contribution in [0.2, 0.25) is 0 Å². The molecular weight excluding hydrogens is 297 g/mol. The minimum Gasteiger partial charge on any atom is -0.368 e. The van der Waals surface area contributed by atoms with E-state index in [1.807, 2.05) is 62.4 Å². The first-order valence-corrected chi connectivity index (χ1v) is 8.70. The van der Waals surface area contributed by atoms with Crippen LogP contribution in [0.25, 0.3) is 0 Å². The highest BCUT2D eigenvalue weighted by Gasteiger charge is 2.35. The molecular formula is C17H22NO3P. The molecule has 2 rings (SSSR count). The lowest BCUT2D eigenvalue weighted by molar-refractivity contribution is 0.268. The molecule has 0 aliphatic heterocycles. The number of nitrogens with one attached hydrogen (secondary N) is 1. The van der Waals surface area contributed by atoms with Gasteiger partial charge >= 0.3 is 7.60 Å². The topological polar surface area (TPSA) is 47.6 Å². The molecule has 0 heterocycles.